The molecule has 0 bridgehead atoms. The highest BCUT2D eigenvalue weighted by Crippen LogP contribution is 2.47. The number of hydrogen-bond acceptors (Lipinski definition) is 6. The molecule has 1 aliphatic carbocycles. The van der Waals surface area contributed by atoms with Crippen LogP contribution in [0.25, 0.3) is 0 Å². The summed E-state index contributed by atoms with van der Waals surface area (Å²) in [6.45, 7) is 2.12. The van der Waals surface area contributed by atoms with E-state index in [0.29, 0.717) is 29.9 Å². The van der Waals surface area contributed by atoms with Gasteiger partial charge in [0.05, 0.1) is 0 Å². The van der Waals surface area contributed by atoms with E-state index in [0.717, 1.165) is 16.8 Å². The van der Waals surface area contributed by atoms with Gasteiger partial charge >= 0.3 is 5.97 Å². The summed E-state index contributed by atoms with van der Waals surface area (Å²) in [7, 11) is 0. The molecule has 37 heavy (non-hydrogen) atoms. The number of aromatic hydroxyl groups is 1. The minimum absolute atomic E-state index is 0.00496. The number of allylic oxidation sites excluding steroid dienone is 2. The number of nitrogens with zero attached hydrogens (tertiary/aromatic N) is 1. The van der Waals surface area contributed by atoms with Crippen molar-refractivity contribution in [3.63, 3.8) is 0 Å². The number of para-hydroxylation sites is 1. The van der Waals surface area contributed by atoms with Gasteiger partial charge in [0.1, 0.15) is 30.6 Å². The summed E-state index contributed by atoms with van der Waals surface area (Å²) >= 11 is 0. The third-order valence-electron chi connectivity index (χ3n) is 7.01. The molecule has 5 rings (SSSR count). The predicted octanol–water partition coefficient (Wildman–Crippen LogP) is 5.59. The monoisotopic (exact) mass is 495 g/mol. The minimum atomic E-state index is -0.739. The number of ether oxygens (including phenoxy) is 2. The first-order valence-corrected chi connectivity index (χ1v) is 12.5. The van der Waals surface area contributed by atoms with Gasteiger partial charge in [0.2, 0.25) is 0 Å². The van der Waals surface area contributed by atoms with Crippen LogP contribution in [0.4, 0.5) is 0 Å². The summed E-state index contributed by atoms with van der Waals surface area (Å²) in [6, 6.07) is 26.0. The van der Waals surface area contributed by atoms with E-state index in [2.05, 4.69) is 0 Å². The summed E-state index contributed by atoms with van der Waals surface area (Å²) in [5.74, 6) is -0.850. The van der Waals surface area contributed by atoms with Crippen molar-refractivity contribution in [1.82, 2.24) is 0 Å². The number of carbonyl (C=O) groups is 2. The lowest BCUT2D eigenvalue weighted by Gasteiger charge is -2.36. The molecule has 0 saturated carbocycles. The molecule has 0 aromatic heterocycles. The van der Waals surface area contributed by atoms with Crippen molar-refractivity contribution in [2.24, 2.45) is 10.9 Å². The normalized spacial score (nSPS) is 21.2. The Hall–Kier alpha value is -4.19. The Bertz CT molecular complexity index is 1330. The molecule has 0 spiro atoms. The van der Waals surface area contributed by atoms with Crippen LogP contribution in [0.2, 0.25) is 0 Å². The highest BCUT2D eigenvalue weighted by Gasteiger charge is 2.44. The smallest absolute Gasteiger partial charge is 0.315 e. The van der Waals surface area contributed by atoms with Crippen LogP contribution in [-0.4, -0.2) is 35.8 Å². The van der Waals surface area contributed by atoms with Gasteiger partial charge in [0, 0.05) is 29.3 Å². The standard InChI is InChI=1S/C31H29NO5/c1-20-28(31(35)37-17-16-36-25-10-6-3-7-11-25)29(22-12-14-24(33)15-13-22)30-26(32-20)18-23(19-27(30)34)21-8-4-2-5-9-21/h2-15,23,28-29,33H,16-19H2,1H3/t23-,28?,29+/m0/s1. The summed E-state index contributed by atoms with van der Waals surface area (Å²) in [5.41, 5.74) is 3.81. The van der Waals surface area contributed by atoms with Gasteiger partial charge in [-0.25, -0.2) is 0 Å². The summed E-state index contributed by atoms with van der Waals surface area (Å²) in [5, 5.41) is 9.86. The highest BCUT2D eigenvalue weighted by atomic mass is 16.6. The zero-order chi connectivity index (χ0) is 25.8. The number of hydrogen-bond donors (Lipinski definition) is 1. The van der Waals surface area contributed by atoms with E-state index in [1.165, 1.54) is 0 Å². The third kappa shape index (κ3) is 5.33. The van der Waals surface area contributed by atoms with Crippen molar-refractivity contribution in [1.29, 1.82) is 0 Å². The van der Waals surface area contributed by atoms with Gasteiger partial charge in [-0.05, 0) is 54.7 Å². The van der Waals surface area contributed by atoms with Gasteiger partial charge in [-0.3, -0.25) is 14.6 Å². The summed E-state index contributed by atoms with van der Waals surface area (Å²) in [4.78, 5) is 31.8. The molecule has 1 N–H and O–H groups in total. The molecular weight excluding hydrogens is 466 g/mol. The van der Waals surface area contributed by atoms with Crippen LogP contribution in [0.3, 0.4) is 0 Å². The number of phenols is 1. The van der Waals surface area contributed by atoms with Gasteiger partial charge in [-0.15, -0.1) is 0 Å². The Labute approximate surface area is 216 Å². The number of esters is 1. The SMILES string of the molecule is CC1=NC2=C(C(=O)C[C@@H](c3ccccc3)C2)[C@H](c2ccc(O)cc2)C1C(=O)OCCOc1ccccc1. The molecule has 3 aromatic rings. The second kappa shape index (κ2) is 10.8. The van der Waals surface area contributed by atoms with Crippen LogP contribution in [0, 0.1) is 5.92 Å². The average molecular weight is 496 g/mol. The molecule has 1 heterocycles. The molecule has 0 radical (unpaired) electrons. The fourth-order valence-electron chi connectivity index (χ4n) is 5.28. The van der Waals surface area contributed by atoms with E-state index in [4.69, 9.17) is 14.5 Å². The second-order valence-corrected chi connectivity index (χ2v) is 9.43. The van der Waals surface area contributed by atoms with Crippen molar-refractivity contribution in [2.45, 2.75) is 31.6 Å². The van der Waals surface area contributed by atoms with Crippen LogP contribution in [0.1, 0.15) is 42.7 Å². The Kier molecular flexibility index (Phi) is 7.17. The van der Waals surface area contributed by atoms with Gasteiger partial charge in [0.25, 0.3) is 0 Å². The molecule has 6 heteroatoms. The Morgan fingerprint density at radius 3 is 2.27 bits per heavy atom. The lowest BCUT2D eigenvalue weighted by atomic mass is 9.69. The van der Waals surface area contributed by atoms with E-state index in [1.54, 1.807) is 24.3 Å². The molecule has 6 nitrogen and oxygen atoms in total. The lowest BCUT2D eigenvalue weighted by molar-refractivity contribution is -0.147. The first-order chi connectivity index (χ1) is 18.0. The predicted molar refractivity (Wildman–Crippen MR) is 141 cm³/mol. The molecule has 188 valence electrons. The van der Waals surface area contributed by atoms with E-state index in [9.17, 15) is 14.7 Å². The Morgan fingerprint density at radius 1 is 0.892 bits per heavy atom. The molecule has 1 unspecified atom stereocenters. The zero-order valence-electron chi connectivity index (χ0n) is 20.7. The summed E-state index contributed by atoms with van der Waals surface area (Å²) < 4.78 is 11.3. The molecular formula is C31H29NO5. The maximum absolute atomic E-state index is 13.6. The van der Waals surface area contributed by atoms with Crippen molar-refractivity contribution in [2.75, 3.05) is 13.2 Å². The average Bonchev–Trinajstić information content (AvgIpc) is 2.91. The van der Waals surface area contributed by atoms with E-state index in [1.807, 2.05) is 67.6 Å². The number of aliphatic imine (C=N–C) groups is 1. The van der Waals surface area contributed by atoms with Crippen molar-refractivity contribution in [3.8, 4) is 11.5 Å². The van der Waals surface area contributed by atoms with Crippen molar-refractivity contribution < 1.29 is 24.2 Å². The molecule has 3 atom stereocenters. The molecule has 0 saturated heterocycles. The van der Waals surface area contributed by atoms with Crippen LogP contribution in [-0.2, 0) is 14.3 Å². The largest absolute Gasteiger partial charge is 0.508 e. The first kappa shape index (κ1) is 24.5. The summed E-state index contributed by atoms with van der Waals surface area (Å²) in [6.07, 6.45) is 0.988. The van der Waals surface area contributed by atoms with Crippen molar-refractivity contribution >= 4 is 17.5 Å². The molecule has 1 aliphatic heterocycles. The Balaban J connectivity index is 1.41. The van der Waals surface area contributed by atoms with Gasteiger partial charge in [0.15, 0.2) is 5.78 Å². The molecule has 3 aromatic carbocycles. The molecule has 0 fully saturated rings. The number of carbonyl (C=O) groups excluding carboxylic acids is 2. The zero-order valence-corrected chi connectivity index (χ0v) is 20.7. The number of rotatable bonds is 7. The topological polar surface area (TPSA) is 85.2 Å². The van der Waals surface area contributed by atoms with Crippen LogP contribution in [0.5, 0.6) is 11.5 Å². The maximum Gasteiger partial charge on any atom is 0.315 e. The number of Topliss-reactive ketones (excluding diaryl/α,β-unsaturated/α-hetero) is 1. The number of phenolic OH excluding ortho intramolecular Hbond substituents is 1. The minimum Gasteiger partial charge on any atom is -0.508 e. The first-order valence-electron chi connectivity index (χ1n) is 12.5. The van der Waals surface area contributed by atoms with Crippen LogP contribution < -0.4 is 4.74 Å². The number of ketones is 1. The van der Waals surface area contributed by atoms with E-state index < -0.39 is 17.8 Å². The number of benzene rings is 3. The maximum atomic E-state index is 13.6. The fourth-order valence-corrected chi connectivity index (χ4v) is 5.28. The van der Waals surface area contributed by atoms with Crippen molar-refractivity contribution in [3.05, 3.63) is 107 Å². The highest BCUT2D eigenvalue weighted by molar-refractivity contribution is 6.09. The van der Waals surface area contributed by atoms with E-state index >= 15 is 0 Å². The fraction of sp³-hybridized carbons (Fsp3) is 0.258. The van der Waals surface area contributed by atoms with Gasteiger partial charge in [-0.1, -0.05) is 60.7 Å². The molecule has 2 aliphatic rings. The van der Waals surface area contributed by atoms with Gasteiger partial charge < -0.3 is 14.6 Å². The van der Waals surface area contributed by atoms with E-state index in [-0.39, 0.29) is 30.7 Å². The Morgan fingerprint density at radius 2 is 1.57 bits per heavy atom. The van der Waals surface area contributed by atoms with Crippen LogP contribution in [0.15, 0.2) is 101 Å². The van der Waals surface area contributed by atoms with Crippen LogP contribution >= 0.6 is 0 Å². The quantitative estimate of drug-likeness (QED) is 0.341. The lowest BCUT2D eigenvalue weighted by Crippen LogP contribution is -2.38. The third-order valence-corrected chi connectivity index (χ3v) is 7.01. The molecule has 0 amide bonds. The van der Waals surface area contributed by atoms with Gasteiger partial charge in [-0.2, -0.15) is 0 Å². The second-order valence-electron chi connectivity index (χ2n) is 9.43.